The highest BCUT2D eigenvalue weighted by atomic mass is 14.8. The minimum Gasteiger partial charge on any atom is -0.258 e. The Morgan fingerprint density at radius 2 is 2.00 bits per heavy atom. The molecule has 0 amide bonds. The van der Waals surface area contributed by atoms with Crippen molar-refractivity contribution in [2.75, 3.05) is 0 Å². The minimum atomic E-state index is 0.279. The maximum atomic E-state index is 4.61. The van der Waals surface area contributed by atoms with Crippen molar-refractivity contribution in [2.24, 2.45) is 10.9 Å². The van der Waals surface area contributed by atoms with Crippen LogP contribution in [0.5, 0.6) is 0 Å². The van der Waals surface area contributed by atoms with Gasteiger partial charge >= 0.3 is 0 Å². The summed E-state index contributed by atoms with van der Waals surface area (Å²) in [5.74, 6) is 0.279. The lowest BCUT2D eigenvalue weighted by Crippen LogP contribution is -2.01. The molecule has 1 aromatic carbocycles. The Hall–Kier alpha value is -1.89. The number of hydrogen-bond donors (Lipinski definition) is 0. The molecule has 0 radical (unpaired) electrons. The first-order valence-corrected chi connectivity index (χ1v) is 6.27. The molecule has 0 bridgehead atoms. The molecule has 0 aliphatic rings. The Morgan fingerprint density at radius 1 is 1.33 bits per heavy atom. The number of hydrogen-bond acceptors (Lipinski definition) is 1. The van der Waals surface area contributed by atoms with Gasteiger partial charge in [-0.05, 0) is 18.9 Å². The molecule has 1 unspecified atom stereocenters. The molecule has 94 valence electrons. The van der Waals surface area contributed by atoms with Gasteiger partial charge in [-0.25, -0.2) is 0 Å². The normalized spacial score (nSPS) is 13.6. The Balaban J connectivity index is 2.84. The van der Waals surface area contributed by atoms with E-state index in [1.165, 1.54) is 0 Å². The third-order valence-corrected chi connectivity index (χ3v) is 2.85. The number of benzene rings is 1. The van der Waals surface area contributed by atoms with Crippen LogP contribution in [0.1, 0.15) is 25.8 Å². The largest absolute Gasteiger partial charge is 0.258 e. The van der Waals surface area contributed by atoms with Crippen LogP contribution >= 0.6 is 0 Å². The first-order chi connectivity index (χ1) is 8.69. The molecule has 0 N–H and O–H groups in total. The monoisotopic (exact) mass is 239 g/mol. The molecule has 0 aromatic heterocycles. The third-order valence-electron chi connectivity index (χ3n) is 2.85. The van der Waals surface area contributed by atoms with Crippen LogP contribution in [-0.2, 0) is 0 Å². The van der Waals surface area contributed by atoms with Crippen molar-refractivity contribution in [2.45, 2.75) is 20.3 Å². The second-order valence-corrected chi connectivity index (χ2v) is 4.19. The maximum Gasteiger partial charge on any atom is 0.0448 e. The van der Waals surface area contributed by atoms with E-state index in [9.17, 15) is 0 Å². The van der Waals surface area contributed by atoms with E-state index in [2.05, 4.69) is 43.3 Å². The summed E-state index contributed by atoms with van der Waals surface area (Å²) in [6, 6.07) is 10.2. The number of allylic oxidation sites excluding steroid dienone is 3. The molecule has 1 heteroatoms. The van der Waals surface area contributed by atoms with Crippen LogP contribution in [0, 0.1) is 5.92 Å². The van der Waals surface area contributed by atoms with Crippen molar-refractivity contribution < 1.29 is 0 Å². The fraction of sp³-hybridized carbons (Fsp3) is 0.235. The molecule has 1 atom stereocenters. The van der Waals surface area contributed by atoms with Gasteiger partial charge < -0.3 is 0 Å². The van der Waals surface area contributed by atoms with Gasteiger partial charge in [0.05, 0.1) is 0 Å². The summed E-state index contributed by atoms with van der Waals surface area (Å²) >= 11 is 0. The lowest BCUT2D eigenvalue weighted by Gasteiger charge is -2.10. The fourth-order valence-electron chi connectivity index (χ4n) is 1.74. The highest BCUT2D eigenvalue weighted by Crippen LogP contribution is 2.17. The second kappa shape index (κ2) is 7.44. The summed E-state index contributed by atoms with van der Waals surface area (Å²) in [7, 11) is 0. The maximum absolute atomic E-state index is 4.61. The number of aliphatic imine (C=N–C) groups is 1. The molecule has 0 fully saturated rings. The van der Waals surface area contributed by atoms with E-state index in [1.54, 1.807) is 6.08 Å². The van der Waals surface area contributed by atoms with Crippen LogP contribution in [0.4, 0.5) is 0 Å². The van der Waals surface area contributed by atoms with E-state index in [1.807, 2.05) is 31.2 Å². The van der Waals surface area contributed by atoms with Gasteiger partial charge in [-0.3, -0.25) is 4.99 Å². The summed E-state index contributed by atoms with van der Waals surface area (Å²) in [5, 5.41) is 0. The topological polar surface area (TPSA) is 12.4 Å². The Bertz CT molecular complexity index is 452. The van der Waals surface area contributed by atoms with Crippen molar-refractivity contribution in [3.05, 3.63) is 73.0 Å². The predicted octanol–water partition coefficient (Wildman–Crippen LogP) is 4.78. The van der Waals surface area contributed by atoms with Gasteiger partial charge in [0.2, 0.25) is 0 Å². The molecule has 0 saturated carbocycles. The number of rotatable bonds is 6. The summed E-state index contributed by atoms with van der Waals surface area (Å²) < 4.78 is 0. The summed E-state index contributed by atoms with van der Waals surface area (Å²) in [5.41, 5.74) is 3.05. The van der Waals surface area contributed by atoms with Crippen LogP contribution in [0.2, 0.25) is 0 Å². The third kappa shape index (κ3) is 4.17. The van der Waals surface area contributed by atoms with Gasteiger partial charge in [-0.15, -0.1) is 0 Å². The van der Waals surface area contributed by atoms with Gasteiger partial charge in [0.1, 0.15) is 0 Å². The van der Waals surface area contributed by atoms with Crippen LogP contribution < -0.4 is 0 Å². The lowest BCUT2D eigenvalue weighted by atomic mass is 10.0. The van der Waals surface area contributed by atoms with Crippen molar-refractivity contribution in [1.29, 1.82) is 0 Å². The van der Waals surface area contributed by atoms with E-state index in [4.69, 9.17) is 0 Å². The van der Waals surface area contributed by atoms with E-state index >= 15 is 0 Å². The van der Waals surface area contributed by atoms with Crippen LogP contribution in [0.15, 0.2) is 72.4 Å². The molecule has 1 aromatic rings. The van der Waals surface area contributed by atoms with Gasteiger partial charge in [-0.1, -0.05) is 68.6 Å². The van der Waals surface area contributed by atoms with Crippen LogP contribution in [0.25, 0.3) is 0 Å². The average molecular weight is 239 g/mol. The summed E-state index contributed by atoms with van der Waals surface area (Å²) in [6.07, 6.45) is 6.82. The van der Waals surface area contributed by atoms with Gasteiger partial charge in [-0.2, -0.15) is 0 Å². The minimum absolute atomic E-state index is 0.279. The van der Waals surface area contributed by atoms with Crippen LogP contribution in [0.3, 0.4) is 0 Å². The summed E-state index contributed by atoms with van der Waals surface area (Å²) in [4.78, 5) is 4.61. The SMILES string of the molecule is C=C/C=C\C(CC)C(=C)N=C(C)c1ccccc1. The average Bonchev–Trinajstić information content (AvgIpc) is 2.40. The van der Waals surface area contributed by atoms with Gasteiger partial charge in [0, 0.05) is 17.3 Å². The molecule has 0 spiro atoms. The molecule has 0 saturated heterocycles. The zero-order valence-corrected chi connectivity index (χ0v) is 11.3. The molecule has 1 rings (SSSR count). The fourth-order valence-corrected chi connectivity index (χ4v) is 1.74. The van der Waals surface area contributed by atoms with Crippen molar-refractivity contribution in [1.82, 2.24) is 0 Å². The zero-order chi connectivity index (χ0) is 13.4. The van der Waals surface area contributed by atoms with Gasteiger partial charge in [0.15, 0.2) is 0 Å². The molecule has 0 aliphatic carbocycles. The standard InChI is InChI=1S/C17H21N/c1-5-7-11-16(6-2)14(3)18-15(4)17-12-9-8-10-13-17/h5,7-13,16H,1,3,6H2,2,4H3/b11-7-,18-15?. The predicted molar refractivity (Wildman–Crippen MR) is 80.9 cm³/mol. The Kier molecular flexibility index (Phi) is 5.86. The highest BCUT2D eigenvalue weighted by Gasteiger charge is 2.06. The molecule has 0 aliphatic heterocycles. The second-order valence-electron chi connectivity index (χ2n) is 4.19. The summed E-state index contributed by atoms with van der Waals surface area (Å²) in [6.45, 7) is 11.9. The van der Waals surface area contributed by atoms with E-state index in [0.29, 0.717) is 0 Å². The van der Waals surface area contributed by atoms with Crippen LogP contribution in [-0.4, -0.2) is 5.71 Å². The van der Waals surface area contributed by atoms with Crippen molar-refractivity contribution in [3.63, 3.8) is 0 Å². The molecule has 1 nitrogen and oxygen atoms in total. The lowest BCUT2D eigenvalue weighted by molar-refractivity contribution is 0.721. The highest BCUT2D eigenvalue weighted by molar-refractivity contribution is 5.99. The zero-order valence-electron chi connectivity index (χ0n) is 11.3. The molecular weight excluding hydrogens is 218 g/mol. The van der Waals surface area contributed by atoms with Crippen molar-refractivity contribution >= 4 is 5.71 Å². The quantitative estimate of drug-likeness (QED) is 0.500. The smallest absolute Gasteiger partial charge is 0.0448 e. The first-order valence-electron chi connectivity index (χ1n) is 6.27. The van der Waals surface area contributed by atoms with E-state index in [-0.39, 0.29) is 5.92 Å². The first kappa shape index (κ1) is 14.2. The molecule has 18 heavy (non-hydrogen) atoms. The van der Waals surface area contributed by atoms with Crippen molar-refractivity contribution in [3.8, 4) is 0 Å². The Labute approximate surface area is 110 Å². The Morgan fingerprint density at radius 3 is 2.56 bits per heavy atom. The van der Waals surface area contributed by atoms with E-state index < -0.39 is 0 Å². The van der Waals surface area contributed by atoms with E-state index in [0.717, 1.165) is 23.4 Å². The molecule has 0 heterocycles. The number of nitrogens with zero attached hydrogens (tertiary/aromatic N) is 1. The molecular formula is C17H21N. The van der Waals surface area contributed by atoms with Gasteiger partial charge in [0.25, 0.3) is 0 Å².